The molecule has 0 radical (unpaired) electrons. The molecule has 1 N–H and O–H groups in total. The van der Waals surface area contributed by atoms with Gasteiger partial charge in [-0.25, -0.2) is 8.42 Å². The van der Waals surface area contributed by atoms with E-state index in [2.05, 4.69) is 20.3 Å². The van der Waals surface area contributed by atoms with Crippen LogP contribution in [-0.2, 0) is 9.84 Å². The Labute approximate surface area is 112 Å². The van der Waals surface area contributed by atoms with Crippen LogP contribution in [0.2, 0.25) is 0 Å². The van der Waals surface area contributed by atoms with Gasteiger partial charge in [-0.1, -0.05) is 0 Å². The van der Waals surface area contributed by atoms with Gasteiger partial charge in [0, 0.05) is 34.2 Å². The lowest BCUT2D eigenvalue weighted by atomic mass is 10.5. The summed E-state index contributed by atoms with van der Waals surface area (Å²) in [6, 6.07) is 0. The van der Waals surface area contributed by atoms with Gasteiger partial charge in [-0.05, 0) is 0 Å². The van der Waals surface area contributed by atoms with Gasteiger partial charge in [0.2, 0.25) is 17.8 Å². The van der Waals surface area contributed by atoms with Gasteiger partial charge in [0.25, 0.3) is 0 Å². The molecule has 0 saturated carbocycles. The molecule has 8 nitrogen and oxygen atoms in total. The van der Waals surface area contributed by atoms with Crippen LogP contribution in [0.5, 0.6) is 0 Å². The molecule has 2 heterocycles. The van der Waals surface area contributed by atoms with Crippen molar-refractivity contribution in [3.63, 3.8) is 0 Å². The van der Waals surface area contributed by atoms with Crippen molar-refractivity contribution in [1.29, 1.82) is 0 Å². The van der Waals surface area contributed by atoms with E-state index in [4.69, 9.17) is 0 Å². The van der Waals surface area contributed by atoms with Crippen molar-refractivity contribution in [2.45, 2.75) is 0 Å². The van der Waals surface area contributed by atoms with Gasteiger partial charge in [-0.15, -0.1) is 0 Å². The summed E-state index contributed by atoms with van der Waals surface area (Å²) in [5.74, 6) is 1.82. The Morgan fingerprint density at radius 3 is 2.32 bits per heavy atom. The van der Waals surface area contributed by atoms with Crippen LogP contribution in [0.4, 0.5) is 17.8 Å². The second kappa shape index (κ2) is 5.16. The van der Waals surface area contributed by atoms with Gasteiger partial charge >= 0.3 is 0 Å². The first-order chi connectivity index (χ1) is 8.91. The molecule has 1 aromatic heterocycles. The first-order valence-electron chi connectivity index (χ1n) is 5.98. The van der Waals surface area contributed by atoms with E-state index >= 15 is 0 Å². The fraction of sp³-hybridized carbons (Fsp3) is 0.700. The first kappa shape index (κ1) is 13.8. The molecule has 0 spiro atoms. The zero-order valence-electron chi connectivity index (χ0n) is 11.3. The molecule has 2 rings (SSSR count). The van der Waals surface area contributed by atoms with E-state index in [0.717, 1.165) is 0 Å². The molecule has 0 bridgehead atoms. The number of nitrogens with zero attached hydrogens (tertiary/aromatic N) is 5. The van der Waals surface area contributed by atoms with E-state index < -0.39 is 9.84 Å². The molecular weight excluding hydrogens is 268 g/mol. The first-order valence-corrected chi connectivity index (χ1v) is 7.80. The third-order valence-corrected chi connectivity index (χ3v) is 4.47. The maximum atomic E-state index is 11.4. The molecule has 1 fully saturated rings. The minimum absolute atomic E-state index is 0.144. The average molecular weight is 286 g/mol. The van der Waals surface area contributed by atoms with Gasteiger partial charge in [-0.3, -0.25) is 0 Å². The highest BCUT2D eigenvalue weighted by Gasteiger charge is 2.24. The highest BCUT2D eigenvalue weighted by molar-refractivity contribution is 7.91. The second-order valence-electron chi connectivity index (χ2n) is 4.54. The molecule has 0 aliphatic carbocycles. The summed E-state index contributed by atoms with van der Waals surface area (Å²) in [7, 11) is 2.52. The third kappa shape index (κ3) is 3.22. The summed E-state index contributed by atoms with van der Waals surface area (Å²) < 4.78 is 22.9. The predicted molar refractivity (Wildman–Crippen MR) is 74.6 cm³/mol. The monoisotopic (exact) mass is 286 g/mol. The summed E-state index contributed by atoms with van der Waals surface area (Å²) in [6.07, 6.45) is 0. The van der Waals surface area contributed by atoms with E-state index in [1.54, 1.807) is 11.9 Å². The van der Waals surface area contributed by atoms with Crippen LogP contribution in [0.1, 0.15) is 0 Å². The lowest BCUT2D eigenvalue weighted by Crippen LogP contribution is -2.41. The Morgan fingerprint density at radius 1 is 1.16 bits per heavy atom. The van der Waals surface area contributed by atoms with Crippen LogP contribution in [0, 0.1) is 0 Å². The molecule has 19 heavy (non-hydrogen) atoms. The minimum atomic E-state index is -2.90. The van der Waals surface area contributed by atoms with Gasteiger partial charge in [-0.2, -0.15) is 15.0 Å². The average Bonchev–Trinajstić information content (AvgIpc) is 2.38. The Bertz CT molecular complexity index is 545. The van der Waals surface area contributed by atoms with Crippen LogP contribution in [0.25, 0.3) is 0 Å². The summed E-state index contributed by atoms with van der Waals surface area (Å²) in [5.41, 5.74) is 0. The smallest absolute Gasteiger partial charge is 0.232 e. The number of anilines is 3. The molecule has 1 aromatic rings. The standard InChI is InChI=1S/C10H18N6O2S/c1-11-8-12-9(15(2)3)14-10(13-8)16-4-6-19(17,18)7-5-16/h4-7H2,1-3H3,(H,11,12,13,14). The normalized spacial score (nSPS) is 18.2. The van der Waals surface area contributed by atoms with Crippen LogP contribution in [-0.4, -0.2) is 69.1 Å². The molecule has 1 saturated heterocycles. The number of hydrogen-bond acceptors (Lipinski definition) is 8. The van der Waals surface area contributed by atoms with Gasteiger partial charge < -0.3 is 15.1 Å². The van der Waals surface area contributed by atoms with Gasteiger partial charge in [0.1, 0.15) is 0 Å². The molecule has 1 aliphatic rings. The van der Waals surface area contributed by atoms with Crippen molar-refractivity contribution in [3.05, 3.63) is 0 Å². The molecule has 0 unspecified atom stereocenters. The van der Waals surface area contributed by atoms with Crippen molar-refractivity contribution < 1.29 is 8.42 Å². The largest absolute Gasteiger partial charge is 0.357 e. The summed E-state index contributed by atoms with van der Waals surface area (Å²) >= 11 is 0. The molecule has 0 atom stereocenters. The van der Waals surface area contributed by atoms with E-state index in [1.165, 1.54) is 0 Å². The molecule has 1 aliphatic heterocycles. The van der Waals surface area contributed by atoms with Gasteiger partial charge in [0.05, 0.1) is 11.5 Å². The SMILES string of the molecule is CNc1nc(N(C)C)nc(N2CCS(=O)(=O)CC2)n1. The number of rotatable bonds is 3. The molecule has 106 valence electrons. The van der Waals surface area contributed by atoms with E-state index in [9.17, 15) is 8.42 Å². The third-order valence-electron chi connectivity index (χ3n) is 2.86. The Morgan fingerprint density at radius 2 is 1.79 bits per heavy atom. The summed E-state index contributed by atoms with van der Waals surface area (Å²) in [5, 5.41) is 2.88. The van der Waals surface area contributed by atoms with Crippen molar-refractivity contribution in [2.75, 3.05) is 60.9 Å². The fourth-order valence-electron chi connectivity index (χ4n) is 1.72. The minimum Gasteiger partial charge on any atom is -0.357 e. The second-order valence-corrected chi connectivity index (χ2v) is 6.85. The quantitative estimate of drug-likeness (QED) is 0.773. The number of sulfone groups is 1. The topological polar surface area (TPSA) is 91.3 Å². The summed E-state index contributed by atoms with van der Waals surface area (Å²) in [6.45, 7) is 0.838. The number of aromatic nitrogens is 3. The zero-order valence-corrected chi connectivity index (χ0v) is 12.1. The lowest BCUT2D eigenvalue weighted by Gasteiger charge is -2.27. The maximum Gasteiger partial charge on any atom is 0.232 e. The lowest BCUT2D eigenvalue weighted by molar-refractivity contribution is 0.585. The predicted octanol–water partition coefficient (Wildman–Crippen LogP) is -0.786. The molecule has 0 amide bonds. The number of hydrogen-bond donors (Lipinski definition) is 1. The van der Waals surface area contributed by atoms with Crippen molar-refractivity contribution >= 4 is 27.7 Å². The van der Waals surface area contributed by atoms with E-state index in [-0.39, 0.29) is 11.5 Å². The van der Waals surface area contributed by atoms with Crippen LogP contribution >= 0.6 is 0 Å². The molecular formula is C10H18N6O2S. The highest BCUT2D eigenvalue weighted by Crippen LogP contribution is 2.17. The Balaban J connectivity index is 2.27. The van der Waals surface area contributed by atoms with E-state index in [1.807, 2.05) is 19.0 Å². The maximum absolute atomic E-state index is 11.4. The fourth-order valence-corrected chi connectivity index (χ4v) is 2.92. The number of nitrogens with one attached hydrogen (secondary N) is 1. The van der Waals surface area contributed by atoms with Gasteiger partial charge in [0.15, 0.2) is 9.84 Å². The van der Waals surface area contributed by atoms with Crippen molar-refractivity contribution in [2.24, 2.45) is 0 Å². The highest BCUT2D eigenvalue weighted by atomic mass is 32.2. The zero-order chi connectivity index (χ0) is 14.0. The van der Waals surface area contributed by atoms with Crippen LogP contribution in [0.3, 0.4) is 0 Å². The van der Waals surface area contributed by atoms with Crippen molar-refractivity contribution in [3.8, 4) is 0 Å². The Kier molecular flexibility index (Phi) is 3.74. The molecule has 0 aromatic carbocycles. The molecule has 9 heteroatoms. The van der Waals surface area contributed by atoms with E-state index in [0.29, 0.717) is 30.9 Å². The van der Waals surface area contributed by atoms with Crippen molar-refractivity contribution in [1.82, 2.24) is 15.0 Å². The van der Waals surface area contributed by atoms with Crippen LogP contribution in [0.15, 0.2) is 0 Å². The van der Waals surface area contributed by atoms with Crippen LogP contribution < -0.4 is 15.1 Å². The summed E-state index contributed by atoms with van der Waals surface area (Å²) in [4.78, 5) is 16.5. The Hall–Kier alpha value is -1.64.